The Bertz CT molecular complexity index is 1470. The second-order valence-electron chi connectivity index (χ2n) is 10.1. The quantitative estimate of drug-likeness (QED) is 0.211. The minimum atomic E-state index is -3.67. The molecule has 42 heavy (non-hydrogen) atoms. The Hall–Kier alpha value is -2.78. The van der Waals surface area contributed by atoms with Crippen LogP contribution in [0.15, 0.2) is 66.7 Å². The number of nitrogens with one attached hydrogen (secondary N) is 1. The lowest BCUT2D eigenvalue weighted by Gasteiger charge is -2.32. The van der Waals surface area contributed by atoms with Crippen molar-refractivity contribution in [1.82, 2.24) is 10.2 Å². The van der Waals surface area contributed by atoms with Crippen molar-refractivity contribution < 1.29 is 18.0 Å². The molecule has 0 bridgehead atoms. The Kier molecular flexibility index (Phi) is 12.5. The predicted molar refractivity (Wildman–Crippen MR) is 172 cm³/mol. The van der Waals surface area contributed by atoms with Crippen molar-refractivity contribution >= 4 is 62.3 Å². The largest absolute Gasteiger partial charge is 0.354 e. The highest BCUT2D eigenvalue weighted by Crippen LogP contribution is 2.29. The van der Waals surface area contributed by atoms with Crippen LogP contribution in [-0.2, 0) is 32.6 Å². The van der Waals surface area contributed by atoms with Crippen LogP contribution in [0.3, 0.4) is 0 Å². The molecule has 1 N–H and O–H groups in total. The highest BCUT2D eigenvalue weighted by atomic mass is 35.5. The van der Waals surface area contributed by atoms with E-state index in [1.807, 2.05) is 37.3 Å². The van der Waals surface area contributed by atoms with Crippen molar-refractivity contribution in [2.24, 2.45) is 0 Å². The molecule has 0 unspecified atom stereocenters. The van der Waals surface area contributed by atoms with Gasteiger partial charge in [-0.3, -0.25) is 13.9 Å². The third-order valence-electron chi connectivity index (χ3n) is 6.80. The summed E-state index contributed by atoms with van der Waals surface area (Å²) < 4.78 is 26.7. The Morgan fingerprint density at radius 2 is 1.62 bits per heavy atom. The van der Waals surface area contributed by atoms with Gasteiger partial charge in [0.25, 0.3) is 0 Å². The number of hydrogen-bond donors (Lipinski definition) is 1. The van der Waals surface area contributed by atoms with Crippen LogP contribution in [0.2, 0.25) is 15.1 Å². The van der Waals surface area contributed by atoms with Gasteiger partial charge < -0.3 is 10.2 Å². The first-order valence-corrected chi connectivity index (χ1v) is 16.7. The van der Waals surface area contributed by atoms with Crippen LogP contribution in [0.25, 0.3) is 0 Å². The Morgan fingerprint density at radius 1 is 0.952 bits per heavy atom. The summed E-state index contributed by atoms with van der Waals surface area (Å²) >= 11 is 19.1. The maximum atomic E-state index is 13.9. The maximum absolute atomic E-state index is 13.9. The van der Waals surface area contributed by atoms with E-state index in [2.05, 4.69) is 5.32 Å². The second kappa shape index (κ2) is 15.6. The summed E-state index contributed by atoms with van der Waals surface area (Å²) in [6.07, 6.45) is 2.33. The Morgan fingerprint density at radius 3 is 2.24 bits per heavy atom. The third kappa shape index (κ3) is 9.36. The monoisotopic (exact) mass is 651 g/mol. The number of amides is 2. The summed E-state index contributed by atoms with van der Waals surface area (Å²) in [5.74, 6) is -0.612. The molecule has 7 nitrogen and oxygen atoms in total. The molecule has 2 amide bonds. The number of nitrogens with zero attached hydrogens (tertiary/aromatic N) is 2. The number of rotatable bonds is 14. The maximum Gasteiger partial charge on any atom is 0.243 e. The summed E-state index contributed by atoms with van der Waals surface area (Å²) in [6.45, 7) is 4.28. The molecule has 1 atom stereocenters. The van der Waals surface area contributed by atoms with Gasteiger partial charge in [-0.1, -0.05) is 84.2 Å². The lowest BCUT2D eigenvalue weighted by molar-refractivity contribution is -0.141. The van der Waals surface area contributed by atoms with Gasteiger partial charge in [0, 0.05) is 53.1 Å². The predicted octanol–water partition coefficient (Wildman–Crippen LogP) is 6.67. The van der Waals surface area contributed by atoms with Crippen LogP contribution in [0, 0.1) is 6.92 Å². The summed E-state index contributed by atoms with van der Waals surface area (Å²) in [4.78, 5) is 28.9. The Balaban J connectivity index is 1.93. The summed E-state index contributed by atoms with van der Waals surface area (Å²) in [7, 11) is -3.67. The highest BCUT2D eigenvalue weighted by Gasteiger charge is 2.31. The van der Waals surface area contributed by atoms with E-state index in [1.54, 1.807) is 43.3 Å². The molecule has 11 heteroatoms. The van der Waals surface area contributed by atoms with Crippen LogP contribution in [0.4, 0.5) is 5.69 Å². The van der Waals surface area contributed by atoms with Gasteiger partial charge in [0.15, 0.2) is 0 Å². The van der Waals surface area contributed by atoms with Crippen LogP contribution < -0.4 is 9.62 Å². The smallest absolute Gasteiger partial charge is 0.243 e. The first-order chi connectivity index (χ1) is 19.9. The topological polar surface area (TPSA) is 86.8 Å². The van der Waals surface area contributed by atoms with Gasteiger partial charge in [-0.15, -0.1) is 0 Å². The number of carbonyl (C=O) groups excluding carboxylic acids is 2. The van der Waals surface area contributed by atoms with Crippen molar-refractivity contribution in [2.75, 3.05) is 23.7 Å². The van der Waals surface area contributed by atoms with E-state index < -0.39 is 16.1 Å². The lowest BCUT2D eigenvalue weighted by Crippen LogP contribution is -2.50. The molecule has 0 heterocycles. The standard InChI is InChI=1S/C31H36Cl3N3O4S/c1-4-17-35-31(39)29(19-23-10-6-5-7-11-23)36(21-25-26(33)12-8-13-27(25)34)30(38)14-9-18-37(42(3,40)41)28-20-24(32)16-15-22(28)2/h5-8,10-13,15-16,20,29H,4,9,14,17-19,21H2,1-3H3,(H,35,39)/t29-/m0/s1. The van der Waals surface area contributed by atoms with Crippen LogP contribution in [-0.4, -0.2) is 50.5 Å². The van der Waals surface area contributed by atoms with E-state index >= 15 is 0 Å². The number of sulfonamides is 1. The molecule has 0 aliphatic carbocycles. The molecule has 0 radical (unpaired) electrons. The number of anilines is 1. The van der Waals surface area contributed by atoms with E-state index in [1.165, 1.54) is 9.21 Å². The van der Waals surface area contributed by atoms with Crippen molar-refractivity contribution in [3.8, 4) is 0 Å². The molecule has 0 aliphatic rings. The second-order valence-corrected chi connectivity index (χ2v) is 13.2. The Labute approximate surface area is 263 Å². The van der Waals surface area contributed by atoms with Crippen LogP contribution in [0.1, 0.15) is 42.9 Å². The molecule has 0 saturated carbocycles. The van der Waals surface area contributed by atoms with Crippen molar-refractivity contribution in [3.63, 3.8) is 0 Å². The zero-order chi connectivity index (χ0) is 30.9. The highest BCUT2D eigenvalue weighted by molar-refractivity contribution is 7.92. The summed E-state index contributed by atoms with van der Waals surface area (Å²) in [5.41, 5.74) is 2.61. The zero-order valence-electron chi connectivity index (χ0n) is 23.9. The fraction of sp³-hybridized carbons (Fsp3) is 0.355. The number of aryl methyl sites for hydroxylation is 1. The summed E-state index contributed by atoms with van der Waals surface area (Å²) in [6, 6.07) is 18.7. The molecule has 0 spiro atoms. The normalized spacial score (nSPS) is 12.0. The van der Waals surface area contributed by atoms with Crippen molar-refractivity contribution in [2.45, 2.75) is 52.1 Å². The van der Waals surface area contributed by atoms with Gasteiger partial charge in [-0.2, -0.15) is 0 Å². The molecular formula is C31H36Cl3N3O4S. The van der Waals surface area contributed by atoms with Crippen LogP contribution in [0.5, 0.6) is 0 Å². The van der Waals surface area contributed by atoms with Gasteiger partial charge in [-0.05, 0) is 55.2 Å². The van der Waals surface area contributed by atoms with Crippen molar-refractivity contribution in [1.29, 1.82) is 0 Å². The van der Waals surface area contributed by atoms with Crippen LogP contribution >= 0.6 is 34.8 Å². The molecule has 3 aromatic rings. The molecule has 0 aromatic heterocycles. The van der Waals surface area contributed by atoms with E-state index in [0.29, 0.717) is 32.9 Å². The summed E-state index contributed by atoms with van der Waals surface area (Å²) in [5, 5.41) is 4.10. The van der Waals surface area contributed by atoms with E-state index in [0.717, 1.165) is 23.8 Å². The molecule has 3 rings (SSSR count). The molecule has 3 aromatic carbocycles. The van der Waals surface area contributed by atoms with Gasteiger partial charge in [0.2, 0.25) is 21.8 Å². The van der Waals surface area contributed by atoms with Gasteiger partial charge >= 0.3 is 0 Å². The van der Waals surface area contributed by atoms with E-state index in [-0.39, 0.29) is 44.2 Å². The minimum absolute atomic E-state index is 0.0115. The minimum Gasteiger partial charge on any atom is -0.354 e. The van der Waals surface area contributed by atoms with Gasteiger partial charge in [0.1, 0.15) is 6.04 Å². The molecule has 226 valence electrons. The fourth-order valence-corrected chi connectivity index (χ4v) is 6.31. The molecule has 0 saturated heterocycles. The number of carbonyl (C=O) groups is 2. The van der Waals surface area contributed by atoms with Gasteiger partial charge in [0.05, 0.1) is 11.9 Å². The average molecular weight is 653 g/mol. The third-order valence-corrected chi connectivity index (χ3v) is 8.93. The number of benzene rings is 3. The fourth-order valence-electron chi connectivity index (χ4n) is 4.61. The van der Waals surface area contributed by atoms with E-state index in [9.17, 15) is 18.0 Å². The van der Waals surface area contributed by atoms with E-state index in [4.69, 9.17) is 34.8 Å². The molecule has 0 aliphatic heterocycles. The molecular weight excluding hydrogens is 617 g/mol. The number of hydrogen-bond acceptors (Lipinski definition) is 4. The number of halogens is 3. The zero-order valence-corrected chi connectivity index (χ0v) is 27.0. The molecule has 0 fully saturated rings. The first kappa shape index (κ1) is 33.7. The average Bonchev–Trinajstić information content (AvgIpc) is 2.94. The van der Waals surface area contributed by atoms with Crippen molar-refractivity contribution in [3.05, 3.63) is 98.5 Å². The SMILES string of the molecule is CCCNC(=O)[C@H](Cc1ccccc1)N(Cc1c(Cl)cccc1Cl)C(=O)CCCN(c1cc(Cl)ccc1C)S(C)(=O)=O. The van der Waals surface area contributed by atoms with Gasteiger partial charge in [-0.25, -0.2) is 8.42 Å². The first-order valence-electron chi connectivity index (χ1n) is 13.7. The lowest BCUT2D eigenvalue weighted by atomic mass is 10.0.